The van der Waals surface area contributed by atoms with E-state index in [1.807, 2.05) is 31.2 Å². The molecule has 1 amide bonds. The first kappa shape index (κ1) is 18.9. The Morgan fingerprint density at radius 1 is 1.28 bits per heavy atom. The maximum Gasteiger partial charge on any atom is 0.412 e. The highest BCUT2D eigenvalue weighted by molar-refractivity contribution is 9.10. The van der Waals surface area contributed by atoms with Crippen LogP contribution in [0.2, 0.25) is 0 Å². The van der Waals surface area contributed by atoms with Crippen molar-refractivity contribution in [2.45, 2.75) is 33.3 Å². The third kappa shape index (κ3) is 5.56. The van der Waals surface area contributed by atoms with Crippen molar-refractivity contribution in [1.82, 2.24) is 4.98 Å². The molecule has 0 bridgehead atoms. The molecule has 132 valence electrons. The number of aromatic nitrogens is 1. The minimum atomic E-state index is -0.604. The number of ether oxygens (including phenoxy) is 1. The molecule has 0 saturated carbocycles. The molecule has 1 aromatic carbocycles. The number of carbonyl (C=O) groups excluding carboxylic acids is 1. The number of pyridine rings is 1. The van der Waals surface area contributed by atoms with Crippen LogP contribution >= 0.6 is 15.9 Å². The monoisotopic (exact) mass is 404 g/mol. The SMILES string of the molecule is Cc1cccc(Nc2cc(Br)cc(NC(=O)OC(C)(C)C)c2C=N)n1. The predicted octanol–water partition coefficient (Wildman–Crippen LogP) is 5.24. The number of nitrogens with zero attached hydrogens (tertiary/aromatic N) is 1. The molecule has 0 saturated heterocycles. The number of hydrogen-bond acceptors (Lipinski definition) is 5. The van der Waals surface area contributed by atoms with E-state index in [-0.39, 0.29) is 0 Å². The summed E-state index contributed by atoms with van der Waals surface area (Å²) >= 11 is 3.43. The fraction of sp³-hybridized carbons (Fsp3) is 0.278. The molecule has 6 nitrogen and oxygen atoms in total. The second-order valence-electron chi connectivity index (χ2n) is 6.48. The van der Waals surface area contributed by atoms with Crippen molar-refractivity contribution in [3.63, 3.8) is 0 Å². The van der Waals surface area contributed by atoms with Crippen LogP contribution < -0.4 is 10.6 Å². The van der Waals surface area contributed by atoms with Crippen LogP contribution in [0.1, 0.15) is 32.0 Å². The Hall–Kier alpha value is -2.41. The first-order chi connectivity index (χ1) is 11.7. The number of anilines is 3. The molecule has 0 aliphatic rings. The molecule has 1 aromatic heterocycles. The first-order valence-corrected chi connectivity index (χ1v) is 8.52. The van der Waals surface area contributed by atoms with E-state index in [0.29, 0.717) is 22.8 Å². The van der Waals surface area contributed by atoms with Gasteiger partial charge < -0.3 is 15.5 Å². The summed E-state index contributed by atoms with van der Waals surface area (Å²) in [6.45, 7) is 7.28. The summed E-state index contributed by atoms with van der Waals surface area (Å²) in [4.78, 5) is 16.5. The average Bonchev–Trinajstić information content (AvgIpc) is 2.44. The third-order valence-electron chi connectivity index (χ3n) is 3.08. The fourth-order valence-corrected chi connectivity index (χ4v) is 2.60. The molecule has 7 heteroatoms. The van der Waals surface area contributed by atoms with Gasteiger partial charge in [0, 0.05) is 21.9 Å². The van der Waals surface area contributed by atoms with Gasteiger partial charge in [-0.3, -0.25) is 5.32 Å². The van der Waals surface area contributed by atoms with E-state index in [9.17, 15) is 4.79 Å². The highest BCUT2D eigenvalue weighted by Gasteiger charge is 2.18. The van der Waals surface area contributed by atoms with Crippen molar-refractivity contribution in [3.8, 4) is 0 Å². The van der Waals surface area contributed by atoms with E-state index >= 15 is 0 Å². The summed E-state index contributed by atoms with van der Waals surface area (Å²) in [7, 11) is 0. The van der Waals surface area contributed by atoms with E-state index < -0.39 is 11.7 Å². The minimum absolute atomic E-state index is 0.466. The van der Waals surface area contributed by atoms with Gasteiger partial charge >= 0.3 is 6.09 Å². The molecule has 0 fully saturated rings. The molecular weight excluding hydrogens is 384 g/mol. The smallest absolute Gasteiger partial charge is 0.412 e. The number of amides is 1. The van der Waals surface area contributed by atoms with E-state index in [4.69, 9.17) is 10.1 Å². The van der Waals surface area contributed by atoms with Gasteiger partial charge in [-0.25, -0.2) is 9.78 Å². The number of hydrogen-bond donors (Lipinski definition) is 3. The van der Waals surface area contributed by atoms with Crippen LogP contribution in [0.3, 0.4) is 0 Å². The van der Waals surface area contributed by atoms with Gasteiger partial charge in [0.1, 0.15) is 11.4 Å². The van der Waals surface area contributed by atoms with Gasteiger partial charge in [0.25, 0.3) is 0 Å². The van der Waals surface area contributed by atoms with E-state index in [0.717, 1.165) is 10.2 Å². The van der Waals surface area contributed by atoms with Gasteiger partial charge in [0.15, 0.2) is 0 Å². The molecular formula is C18H21BrN4O2. The zero-order chi connectivity index (χ0) is 18.6. The summed E-state index contributed by atoms with van der Waals surface area (Å²) in [6.07, 6.45) is 0.602. The van der Waals surface area contributed by atoms with Crippen LogP contribution in [0, 0.1) is 12.3 Å². The Labute approximate surface area is 155 Å². The lowest BCUT2D eigenvalue weighted by molar-refractivity contribution is 0.0636. The van der Waals surface area contributed by atoms with Crippen LogP contribution in [0.5, 0.6) is 0 Å². The minimum Gasteiger partial charge on any atom is -0.444 e. The number of nitrogens with one attached hydrogen (secondary N) is 3. The van der Waals surface area contributed by atoms with Gasteiger partial charge in [-0.15, -0.1) is 0 Å². The number of carbonyl (C=O) groups is 1. The summed E-state index contributed by atoms with van der Waals surface area (Å²) in [5, 5.41) is 13.6. The number of rotatable bonds is 4. The normalized spacial score (nSPS) is 10.9. The van der Waals surface area contributed by atoms with E-state index in [1.165, 1.54) is 6.21 Å². The van der Waals surface area contributed by atoms with Crippen LogP contribution in [0.25, 0.3) is 0 Å². The summed E-state index contributed by atoms with van der Waals surface area (Å²) in [5.74, 6) is 0.657. The molecule has 0 aliphatic heterocycles. The van der Waals surface area contributed by atoms with Crippen LogP contribution in [0.4, 0.5) is 22.0 Å². The van der Waals surface area contributed by atoms with Crippen molar-refractivity contribution in [3.05, 3.63) is 46.1 Å². The second kappa shape index (κ2) is 7.65. The Kier molecular flexibility index (Phi) is 5.79. The van der Waals surface area contributed by atoms with Crippen molar-refractivity contribution < 1.29 is 9.53 Å². The van der Waals surface area contributed by atoms with Crippen LogP contribution in [0.15, 0.2) is 34.8 Å². The molecule has 0 atom stereocenters. The van der Waals surface area contributed by atoms with Crippen molar-refractivity contribution in [2.75, 3.05) is 10.6 Å². The molecule has 2 aromatic rings. The Morgan fingerprint density at radius 3 is 2.56 bits per heavy atom. The zero-order valence-electron chi connectivity index (χ0n) is 14.6. The first-order valence-electron chi connectivity index (χ1n) is 7.72. The predicted molar refractivity (Wildman–Crippen MR) is 104 cm³/mol. The molecule has 0 spiro atoms. The van der Waals surface area contributed by atoms with Crippen molar-refractivity contribution >= 4 is 45.4 Å². The quantitative estimate of drug-likeness (QED) is 0.607. The number of halogens is 1. The van der Waals surface area contributed by atoms with Gasteiger partial charge in [-0.2, -0.15) is 0 Å². The Morgan fingerprint density at radius 2 is 1.96 bits per heavy atom. The molecule has 0 aliphatic carbocycles. The fourth-order valence-electron chi connectivity index (χ4n) is 2.14. The lowest BCUT2D eigenvalue weighted by atomic mass is 10.1. The van der Waals surface area contributed by atoms with Gasteiger partial charge in [-0.1, -0.05) is 22.0 Å². The molecule has 25 heavy (non-hydrogen) atoms. The highest BCUT2D eigenvalue weighted by Crippen LogP contribution is 2.30. The summed E-state index contributed by atoms with van der Waals surface area (Å²) in [5.41, 5.74) is 1.91. The lowest BCUT2D eigenvalue weighted by Gasteiger charge is -2.21. The third-order valence-corrected chi connectivity index (χ3v) is 3.53. The summed E-state index contributed by atoms with van der Waals surface area (Å²) in [6, 6.07) is 9.18. The largest absolute Gasteiger partial charge is 0.444 e. The standard InChI is InChI=1S/C18H21BrN4O2/c1-11-6-5-7-16(21-11)22-14-8-12(19)9-15(13(14)10-20)23-17(24)25-18(2,3)4/h5-10,20H,1-4H3,(H,21,22)(H,23,24). The maximum atomic E-state index is 12.1. The van der Waals surface area contributed by atoms with Gasteiger partial charge in [0.2, 0.25) is 0 Å². The lowest BCUT2D eigenvalue weighted by Crippen LogP contribution is -2.27. The van der Waals surface area contributed by atoms with Crippen molar-refractivity contribution in [2.24, 2.45) is 0 Å². The molecule has 3 N–H and O–H groups in total. The van der Waals surface area contributed by atoms with E-state index in [2.05, 4.69) is 31.5 Å². The Bertz CT molecular complexity index is 800. The molecule has 0 unspecified atom stereocenters. The molecule has 1 heterocycles. The maximum absolute atomic E-state index is 12.1. The van der Waals surface area contributed by atoms with E-state index in [1.54, 1.807) is 26.8 Å². The number of aryl methyl sites for hydroxylation is 1. The zero-order valence-corrected chi connectivity index (χ0v) is 16.2. The summed E-state index contributed by atoms with van der Waals surface area (Å²) < 4.78 is 6.03. The Balaban J connectivity index is 2.34. The van der Waals surface area contributed by atoms with Crippen molar-refractivity contribution in [1.29, 1.82) is 5.41 Å². The molecule has 2 rings (SSSR count). The highest BCUT2D eigenvalue weighted by atomic mass is 79.9. The number of benzene rings is 1. The topological polar surface area (TPSA) is 87.1 Å². The second-order valence-corrected chi connectivity index (χ2v) is 7.39. The van der Waals surface area contributed by atoms with Gasteiger partial charge in [0.05, 0.1) is 11.4 Å². The van der Waals surface area contributed by atoms with Crippen LogP contribution in [-0.4, -0.2) is 22.9 Å². The van der Waals surface area contributed by atoms with Crippen LogP contribution in [-0.2, 0) is 4.74 Å². The average molecular weight is 405 g/mol. The molecule has 0 radical (unpaired) electrons. The van der Waals surface area contributed by atoms with Gasteiger partial charge in [-0.05, 0) is 52.0 Å².